The summed E-state index contributed by atoms with van der Waals surface area (Å²) in [4.78, 5) is 9.43. The van der Waals surface area contributed by atoms with Crippen LogP contribution in [0.4, 0.5) is 5.69 Å². The summed E-state index contributed by atoms with van der Waals surface area (Å²) in [5.74, 6) is 3.50. The molecule has 28 heavy (non-hydrogen) atoms. The van der Waals surface area contributed by atoms with E-state index >= 15 is 0 Å². The second-order valence-corrected chi connectivity index (χ2v) is 6.71. The highest BCUT2D eigenvalue weighted by molar-refractivity contribution is 5.80. The van der Waals surface area contributed by atoms with Crippen LogP contribution in [0, 0.1) is 6.92 Å². The maximum atomic E-state index is 5.35. The molecule has 1 aliphatic rings. The third kappa shape index (κ3) is 4.62. The fourth-order valence-electron chi connectivity index (χ4n) is 3.15. The number of rotatable bonds is 6. The second-order valence-electron chi connectivity index (χ2n) is 6.71. The van der Waals surface area contributed by atoms with Crippen LogP contribution in [0.1, 0.15) is 11.6 Å². The summed E-state index contributed by atoms with van der Waals surface area (Å²) in [6.07, 6.45) is 1.84. The first-order chi connectivity index (χ1) is 13.6. The highest BCUT2D eigenvalue weighted by atomic mass is 16.5. The number of nitrogens with zero attached hydrogens (tertiary/aromatic N) is 6. The van der Waals surface area contributed by atoms with Crippen LogP contribution >= 0.6 is 0 Å². The first kappa shape index (κ1) is 19.7. The molecule has 1 aromatic heterocycles. The number of aliphatic imine (C=N–C) groups is 1. The van der Waals surface area contributed by atoms with Crippen LogP contribution in [-0.4, -0.2) is 65.5 Å². The Hall–Kier alpha value is -3.03. The molecule has 2 heterocycles. The molecule has 0 saturated carbocycles. The first-order valence-corrected chi connectivity index (χ1v) is 9.50. The van der Waals surface area contributed by atoms with E-state index in [4.69, 9.17) is 9.73 Å². The van der Waals surface area contributed by atoms with E-state index in [-0.39, 0.29) is 0 Å². The van der Waals surface area contributed by atoms with Gasteiger partial charge in [-0.05, 0) is 19.1 Å². The van der Waals surface area contributed by atoms with Gasteiger partial charge in [0.2, 0.25) is 0 Å². The molecule has 0 amide bonds. The van der Waals surface area contributed by atoms with E-state index in [2.05, 4.69) is 44.0 Å². The van der Waals surface area contributed by atoms with Gasteiger partial charge >= 0.3 is 0 Å². The Morgan fingerprint density at radius 1 is 1.29 bits per heavy atom. The van der Waals surface area contributed by atoms with Gasteiger partial charge in [-0.25, -0.2) is 4.99 Å². The van der Waals surface area contributed by atoms with Crippen LogP contribution in [0.3, 0.4) is 0 Å². The number of hydrogen-bond acceptors (Lipinski definition) is 5. The topological polar surface area (TPSA) is 70.8 Å². The van der Waals surface area contributed by atoms with Gasteiger partial charge in [-0.2, -0.15) is 0 Å². The average Bonchev–Trinajstić information content (AvgIpc) is 3.06. The van der Waals surface area contributed by atoms with Crippen molar-refractivity contribution in [1.82, 2.24) is 25.0 Å². The molecule has 8 heteroatoms. The smallest absolute Gasteiger partial charge is 0.194 e. The minimum atomic E-state index is 0.493. The molecule has 1 N–H and O–H groups in total. The number of anilines is 1. The summed E-state index contributed by atoms with van der Waals surface area (Å²) in [6.45, 7) is 10.5. The molecule has 150 valence electrons. The molecule has 2 aromatic rings. The lowest BCUT2D eigenvalue weighted by molar-refractivity contribution is 0.372. The third-order valence-corrected chi connectivity index (χ3v) is 4.96. The number of nitrogens with one attached hydrogen (secondary N) is 1. The van der Waals surface area contributed by atoms with Crippen molar-refractivity contribution < 1.29 is 4.74 Å². The minimum absolute atomic E-state index is 0.493. The largest absolute Gasteiger partial charge is 0.497 e. The number of ether oxygens (including phenoxy) is 1. The zero-order valence-corrected chi connectivity index (χ0v) is 16.9. The van der Waals surface area contributed by atoms with Crippen LogP contribution in [0.25, 0.3) is 0 Å². The summed E-state index contributed by atoms with van der Waals surface area (Å²) >= 11 is 0. The standard InChI is InChI=1S/C20H29N7O/c1-5-9-21-20(22-15-19-24-23-16(2)25(19)3)27-12-10-26(11-13-27)17-7-6-8-18(14-17)28-4/h5-8,14H,1,9-13,15H2,2-4H3,(H,21,22). The quantitative estimate of drug-likeness (QED) is 0.464. The van der Waals surface area contributed by atoms with Gasteiger partial charge in [0.1, 0.15) is 18.1 Å². The van der Waals surface area contributed by atoms with E-state index in [9.17, 15) is 0 Å². The molecule has 0 unspecified atom stereocenters. The zero-order chi connectivity index (χ0) is 19.9. The van der Waals surface area contributed by atoms with Crippen LogP contribution < -0.4 is 15.0 Å². The molecule has 0 spiro atoms. The van der Waals surface area contributed by atoms with Crippen molar-refractivity contribution in [3.05, 3.63) is 48.6 Å². The van der Waals surface area contributed by atoms with Gasteiger partial charge in [0, 0.05) is 51.5 Å². The number of aromatic nitrogens is 3. The van der Waals surface area contributed by atoms with Crippen molar-refractivity contribution >= 4 is 11.6 Å². The van der Waals surface area contributed by atoms with Crippen LogP contribution in [0.2, 0.25) is 0 Å². The maximum absolute atomic E-state index is 5.35. The van der Waals surface area contributed by atoms with Gasteiger partial charge in [0.05, 0.1) is 7.11 Å². The normalized spacial score (nSPS) is 14.9. The van der Waals surface area contributed by atoms with Crippen molar-refractivity contribution in [2.24, 2.45) is 12.0 Å². The Bertz CT molecular complexity index is 822. The van der Waals surface area contributed by atoms with Crippen molar-refractivity contribution in [2.45, 2.75) is 13.5 Å². The fraction of sp³-hybridized carbons (Fsp3) is 0.450. The Morgan fingerprint density at radius 2 is 2.07 bits per heavy atom. The van der Waals surface area contributed by atoms with Crippen molar-refractivity contribution in [3.63, 3.8) is 0 Å². The van der Waals surface area contributed by atoms with Gasteiger partial charge in [0.15, 0.2) is 11.8 Å². The van der Waals surface area contributed by atoms with Crippen molar-refractivity contribution in [3.8, 4) is 5.75 Å². The lowest BCUT2D eigenvalue weighted by Gasteiger charge is -2.37. The van der Waals surface area contributed by atoms with E-state index in [0.29, 0.717) is 13.1 Å². The summed E-state index contributed by atoms with van der Waals surface area (Å²) in [7, 11) is 3.66. The molecule has 0 radical (unpaired) electrons. The number of aryl methyl sites for hydroxylation is 1. The maximum Gasteiger partial charge on any atom is 0.194 e. The summed E-state index contributed by atoms with van der Waals surface area (Å²) in [6, 6.07) is 8.20. The predicted octanol–water partition coefficient (Wildman–Crippen LogP) is 1.59. The Kier molecular flexibility index (Phi) is 6.52. The van der Waals surface area contributed by atoms with Gasteiger partial charge in [-0.1, -0.05) is 12.1 Å². The highest BCUT2D eigenvalue weighted by Crippen LogP contribution is 2.22. The Morgan fingerprint density at radius 3 is 2.71 bits per heavy atom. The molecule has 1 saturated heterocycles. The predicted molar refractivity (Wildman–Crippen MR) is 112 cm³/mol. The molecular weight excluding hydrogens is 354 g/mol. The van der Waals surface area contributed by atoms with Crippen molar-refractivity contribution in [1.29, 1.82) is 0 Å². The van der Waals surface area contributed by atoms with E-state index in [1.54, 1.807) is 7.11 Å². The van der Waals surface area contributed by atoms with Crippen LogP contribution in [-0.2, 0) is 13.6 Å². The van der Waals surface area contributed by atoms with Crippen LogP contribution in [0.15, 0.2) is 41.9 Å². The lowest BCUT2D eigenvalue weighted by atomic mass is 10.2. The van der Waals surface area contributed by atoms with E-state index in [1.807, 2.05) is 36.7 Å². The average molecular weight is 384 g/mol. The highest BCUT2D eigenvalue weighted by Gasteiger charge is 2.20. The molecule has 8 nitrogen and oxygen atoms in total. The van der Waals surface area contributed by atoms with Crippen LogP contribution in [0.5, 0.6) is 5.75 Å². The van der Waals surface area contributed by atoms with Gasteiger partial charge in [-0.3, -0.25) is 0 Å². The SMILES string of the molecule is C=CCNC(=NCc1nnc(C)n1C)N1CCN(c2cccc(OC)c2)CC1. The number of guanidine groups is 1. The van der Waals surface area contributed by atoms with E-state index in [1.165, 1.54) is 5.69 Å². The second kappa shape index (κ2) is 9.25. The van der Waals surface area contributed by atoms with Gasteiger partial charge in [0.25, 0.3) is 0 Å². The van der Waals surface area contributed by atoms with E-state index in [0.717, 1.165) is 49.5 Å². The fourth-order valence-corrected chi connectivity index (χ4v) is 3.15. The molecule has 0 atom stereocenters. The number of piperazine rings is 1. The van der Waals surface area contributed by atoms with E-state index < -0.39 is 0 Å². The molecule has 1 aliphatic heterocycles. The monoisotopic (exact) mass is 383 g/mol. The molecule has 1 aromatic carbocycles. The number of methoxy groups -OCH3 is 1. The lowest BCUT2D eigenvalue weighted by Crippen LogP contribution is -2.52. The molecule has 0 bridgehead atoms. The summed E-state index contributed by atoms with van der Waals surface area (Å²) < 4.78 is 7.31. The van der Waals surface area contributed by atoms with Crippen molar-refractivity contribution in [2.75, 3.05) is 44.7 Å². The Labute approximate surface area is 166 Å². The molecule has 3 rings (SSSR count). The summed E-state index contributed by atoms with van der Waals surface area (Å²) in [5, 5.41) is 11.7. The van der Waals surface area contributed by atoms with Gasteiger partial charge < -0.3 is 24.4 Å². The first-order valence-electron chi connectivity index (χ1n) is 9.50. The summed E-state index contributed by atoms with van der Waals surface area (Å²) in [5.41, 5.74) is 1.19. The Balaban J connectivity index is 1.66. The number of benzene rings is 1. The molecular formula is C20H29N7O. The minimum Gasteiger partial charge on any atom is -0.497 e. The molecule has 1 fully saturated rings. The number of hydrogen-bond donors (Lipinski definition) is 1. The van der Waals surface area contributed by atoms with Gasteiger partial charge in [-0.15, -0.1) is 16.8 Å². The zero-order valence-electron chi connectivity index (χ0n) is 16.9. The third-order valence-electron chi connectivity index (χ3n) is 4.96. The molecule has 0 aliphatic carbocycles.